The highest BCUT2D eigenvalue weighted by molar-refractivity contribution is 5.69. The molecule has 0 atom stereocenters. The fraction of sp³-hybridized carbons (Fsp3) is 0.538. The molecule has 1 aromatic rings. The normalized spacial score (nSPS) is 11.4. The van der Waals surface area contributed by atoms with Gasteiger partial charge >= 0.3 is 0 Å². The molecule has 17 heavy (non-hydrogen) atoms. The number of ether oxygens (including phenoxy) is 1. The van der Waals surface area contributed by atoms with Crippen LogP contribution in [-0.2, 0) is 0 Å². The standard InChI is InChI=1S/C13H21FN2O/c1-5-13(3,6-2)16-11-8-12(17-4)9(14)7-10(11)15/h7-8,16H,5-6,15H2,1-4H3. The van der Waals surface area contributed by atoms with E-state index in [2.05, 4.69) is 26.1 Å². The lowest BCUT2D eigenvalue weighted by Gasteiger charge is -2.30. The number of nitrogen functional groups attached to an aromatic ring is 1. The minimum atomic E-state index is -0.440. The molecule has 3 N–H and O–H groups in total. The summed E-state index contributed by atoms with van der Waals surface area (Å²) in [7, 11) is 1.44. The molecule has 0 saturated carbocycles. The van der Waals surface area contributed by atoms with Crippen LogP contribution in [0.25, 0.3) is 0 Å². The summed E-state index contributed by atoms with van der Waals surface area (Å²) in [6, 6.07) is 2.89. The molecule has 1 rings (SSSR count). The fourth-order valence-corrected chi connectivity index (χ4v) is 1.59. The summed E-state index contributed by atoms with van der Waals surface area (Å²) in [5.74, 6) is -0.235. The van der Waals surface area contributed by atoms with E-state index in [9.17, 15) is 4.39 Å². The van der Waals surface area contributed by atoms with Crippen LogP contribution in [0.1, 0.15) is 33.6 Å². The van der Waals surface area contributed by atoms with E-state index < -0.39 is 5.82 Å². The number of halogens is 1. The summed E-state index contributed by atoms with van der Waals surface area (Å²) in [6.45, 7) is 6.32. The molecule has 0 aliphatic carbocycles. The third kappa shape index (κ3) is 3.02. The van der Waals surface area contributed by atoms with E-state index >= 15 is 0 Å². The van der Waals surface area contributed by atoms with Gasteiger partial charge in [0.1, 0.15) is 0 Å². The number of hydrogen-bond acceptors (Lipinski definition) is 3. The molecule has 0 fully saturated rings. The molecule has 0 aromatic heterocycles. The zero-order chi connectivity index (χ0) is 13.1. The van der Waals surface area contributed by atoms with Gasteiger partial charge in [-0.1, -0.05) is 13.8 Å². The van der Waals surface area contributed by atoms with Gasteiger partial charge < -0.3 is 15.8 Å². The van der Waals surface area contributed by atoms with E-state index in [0.717, 1.165) is 18.5 Å². The maximum atomic E-state index is 13.4. The summed E-state index contributed by atoms with van der Waals surface area (Å²) in [4.78, 5) is 0. The maximum absolute atomic E-state index is 13.4. The van der Waals surface area contributed by atoms with E-state index in [1.807, 2.05) is 0 Å². The first-order valence-corrected chi connectivity index (χ1v) is 5.87. The van der Waals surface area contributed by atoms with E-state index in [-0.39, 0.29) is 11.3 Å². The van der Waals surface area contributed by atoms with Crippen molar-refractivity contribution < 1.29 is 9.13 Å². The van der Waals surface area contributed by atoms with Crippen LogP contribution in [0.3, 0.4) is 0 Å². The molecule has 0 amide bonds. The van der Waals surface area contributed by atoms with Gasteiger partial charge in [-0.3, -0.25) is 0 Å². The van der Waals surface area contributed by atoms with Crippen LogP contribution in [-0.4, -0.2) is 12.6 Å². The number of benzene rings is 1. The van der Waals surface area contributed by atoms with Crippen molar-refractivity contribution in [3.63, 3.8) is 0 Å². The van der Waals surface area contributed by atoms with Gasteiger partial charge in [0.25, 0.3) is 0 Å². The minimum absolute atomic E-state index is 0.0447. The molecule has 4 heteroatoms. The second kappa shape index (κ2) is 5.25. The lowest BCUT2D eigenvalue weighted by molar-refractivity contribution is 0.386. The molecule has 0 radical (unpaired) electrons. The molecule has 0 aliphatic heterocycles. The number of nitrogens with one attached hydrogen (secondary N) is 1. The van der Waals surface area contributed by atoms with Crippen molar-refractivity contribution >= 4 is 11.4 Å². The van der Waals surface area contributed by atoms with Gasteiger partial charge in [0.15, 0.2) is 11.6 Å². The predicted octanol–water partition coefficient (Wildman–Crippen LogP) is 3.41. The van der Waals surface area contributed by atoms with Crippen LogP contribution in [0.15, 0.2) is 12.1 Å². The van der Waals surface area contributed by atoms with Crippen LogP contribution in [0.5, 0.6) is 5.75 Å². The van der Waals surface area contributed by atoms with E-state index in [1.165, 1.54) is 13.2 Å². The first kappa shape index (κ1) is 13.6. The quantitative estimate of drug-likeness (QED) is 0.775. The van der Waals surface area contributed by atoms with Crippen molar-refractivity contribution in [2.24, 2.45) is 0 Å². The highest BCUT2D eigenvalue weighted by Gasteiger charge is 2.21. The Morgan fingerprint density at radius 3 is 2.41 bits per heavy atom. The van der Waals surface area contributed by atoms with Gasteiger partial charge in [0.05, 0.1) is 18.5 Å². The molecule has 0 unspecified atom stereocenters. The average molecular weight is 240 g/mol. The highest BCUT2D eigenvalue weighted by Crippen LogP contribution is 2.31. The van der Waals surface area contributed by atoms with Crippen LogP contribution < -0.4 is 15.8 Å². The molecule has 96 valence electrons. The first-order chi connectivity index (χ1) is 7.95. The number of nitrogens with two attached hydrogens (primary N) is 1. The van der Waals surface area contributed by atoms with Crippen molar-refractivity contribution in [1.82, 2.24) is 0 Å². The minimum Gasteiger partial charge on any atom is -0.494 e. The van der Waals surface area contributed by atoms with Gasteiger partial charge in [-0.05, 0) is 19.8 Å². The Hall–Kier alpha value is -1.45. The maximum Gasteiger partial charge on any atom is 0.167 e. The fourth-order valence-electron chi connectivity index (χ4n) is 1.59. The van der Waals surface area contributed by atoms with Gasteiger partial charge in [-0.15, -0.1) is 0 Å². The molecule has 1 aromatic carbocycles. The van der Waals surface area contributed by atoms with Gasteiger partial charge in [0.2, 0.25) is 0 Å². The Morgan fingerprint density at radius 1 is 1.35 bits per heavy atom. The highest BCUT2D eigenvalue weighted by atomic mass is 19.1. The third-order valence-electron chi connectivity index (χ3n) is 3.32. The Bertz CT molecular complexity index is 389. The Kier molecular flexibility index (Phi) is 4.21. The second-order valence-corrected chi connectivity index (χ2v) is 4.47. The third-order valence-corrected chi connectivity index (χ3v) is 3.32. The van der Waals surface area contributed by atoms with Crippen LogP contribution >= 0.6 is 0 Å². The predicted molar refractivity (Wildman–Crippen MR) is 70.0 cm³/mol. The van der Waals surface area contributed by atoms with Crippen molar-refractivity contribution in [3.05, 3.63) is 17.9 Å². The van der Waals surface area contributed by atoms with Gasteiger partial charge in [-0.2, -0.15) is 0 Å². The molecular formula is C13H21FN2O. The van der Waals surface area contributed by atoms with Crippen molar-refractivity contribution in [2.75, 3.05) is 18.2 Å². The van der Waals surface area contributed by atoms with E-state index in [0.29, 0.717) is 5.69 Å². The topological polar surface area (TPSA) is 47.3 Å². The average Bonchev–Trinajstić information content (AvgIpc) is 2.32. The molecule has 0 bridgehead atoms. The molecule has 0 saturated heterocycles. The lowest BCUT2D eigenvalue weighted by Crippen LogP contribution is -2.33. The Balaban J connectivity index is 3.06. The van der Waals surface area contributed by atoms with E-state index in [4.69, 9.17) is 10.5 Å². The number of anilines is 2. The van der Waals surface area contributed by atoms with Crippen molar-refractivity contribution in [2.45, 2.75) is 39.2 Å². The number of methoxy groups -OCH3 is 1. The number of hydrogen-bond donors (Lipinski definition) is 2. The van der Waals surface area contributed by atoms with E-state index in [1.54, 1.807) is 6.07 Å². The zero-order valence-corrected chi connectivity index (χ0v) is 10.9. The molecular weight excluding hydrogens is 219 g/mol. The van der Waals surface area contributed by atoms with Crippen LogP contribution in [0.4, 0.5) is 15.8 Å². The monoisotopic (exact) mass is 240 g/mol. The SMILES string of the molecule is CCC(C)(CC)Nc1cc(OC)c(F)cc1N. The molecule has 0 heterocycles. The smallest absolute Gasteiger partial charge is 0.167 e. The molecule has 3 nitrogen and oxygen atoms in total. The summed E-state index contributed by atoms with van der Waals surface area (Å²) >= 11 is 0. The van der Waals surface area contributed by atoms with Crippen molar-refractivity contribution in [1.29, 1.82) is 0 Å². The Morgan fingerprint density at radius 2 is 1.94 bits per heavy atom. The molecule has 0 aliphatic rings. The van der Waals surface area contributed by atoms with Crippen LogP contribution in [0, 0.1) is 5.82 Å². The largest absolute Gasteiger partial charge is 0.494 e. The lowest BCUT2D eigenvalue weighted by atomic mass is 9.95. The first-order valence-electron chi connectivity index (χ1n) is 5.87. The van der Waals surface area contributed by atoms with Crippen molar-refractivity contribution in [3.8, 4) is 5.75 Å². The summed E-state index contributed by atoms with van der Waals surface area (Å²) in [5.41, 5.74) is 6.88. The number of rotatable bonds is 5. The summed E-state index contributed by atoms with van der Waals surface area (Å²) < 4.78 is 18.3. The molecule has 0 spiro atoms. The summed E-state index contributed by atoms with van der Waals surface area (Å²) in [6.07, 6.45) is 1.92. The second-order valence-electron chi connectivity index (χ2n) is 4.47. The summed E-state index contributed by atoms with van der Waals surface area (Å²) in [5, 5.41) is 3.35. The van der Waals surface area contributed by atoms with Gasteiger partial charge in [-0.25, -0.2) is 4.39 Å². The zero-order valence-electron chi connectivity index (χ0n) is 10.9. The Labute approximate surface area is 102 Å². The van der Waals surface area contributed by atoms with Crippen LogP contribution in [0.2, 0.25) is 0 Å². The van der Waals surface area contributed by atoms with Gasteiger partial charge in [0, 0.05) is 17.7 Å².